The number of benzene rings is 8. The van der Waals surface area contributed by atoms with Crippen LogP contribution in [0.1, 0.15) is 50.1 Å². The van der Waals surface area contributed by atoms with Gasteiger partial charge < -0.3 is 9.80 Å². The van der Waals surface area contributed by atoms with Crippen molar-refractivity contribution in [2.75, 3.05) is 9.80 Å². The normalized spacial score (nSPS) is 12.3. The van der Waals surface area contributed by atoms with Gasteiger partial charge in [-0.3, -0.25) is 0 Å². The molecule has 0 aromatic heterocycles. The fraction of sp³-hybridized carbons (Fsp3) is 0.111. The Bertz CT molecular complexity index is 2550. The number of rotatable bonds is 8. The second-order valence-corrected chi connectivity index (χ2v) is 15.4. The van der Waals surface area contributed by atoms with Gasteiger partial charge in [0.1, 0.15) is 0 Å². The van der Waals surface area contributed by atoms with Crippen molar-refractivity contribution in [2.45, 2.75) is 40.0 Å². The van der Waals surface area contributed by atoms with Crippen molar-refractivity contribution in [1.82, 2.24) is 0 Å². The van der Waals surface area contributed by atoms with Crippen molar-refractivity contribution in [1.29, 1.82) is 0 Å². The van der Waals surface area contributed by atoms with Crippen LogP contribution in [0.2, 0.25) is 0 Å². The molecule has 0 aliphatic heterocycles. The largest absolute Gasteiger partial charge is 0.334 e. The third-order valence-corrected chi connectivity index (χ3v) is 11.4. The SMILES string of the molecule is Cc1ccc(N(c2cc[c-]cc2)c2ccc(C3(c4ccc(N(c5ccc(C)cc5)c5ccc(C)cc5)cc4)c4cc(C)ccc4-c4ccc(C)cc43)cc2)cc1.[Y]. The van der Waals surface area contributed by atoms with E-state index < -0.39 is 5.41 Å². The van der Waals surface area contributed by atoms with E-state index in [0.29, 0.717) is 0 Å². The van der Waals surface area contributed by atoms with Crippen LogP contribution in [-0.2, 0) is 38.1 Å². The number of anilines is 6. The third kappa shape index (κ3) is 6.96. The molecule has 1 aliphatic carbocycles. The quantitative estimate of drug-likeness (QED) is 0.141. The van der Waals surface area contributed by atoms with E-state index in [9.17, 15) is 0 Å². The van der Waals surface area contributed by atoms with E-state index >= 15 is 0 Å². The van der Waals surface area contributed by atoms with Crippen LogP contribution in [0.15, 0.2) is 182 Å². The summed E-state index contributed by atoms with van der Waals surface area (Å²) in [6.45, 7) is 10.8. The number of fused-ring (bicyclic) bond motifs is 3. The van der Waals surface area contributed by atoms with Gasteiger partial charge in [0, 0.05) is 61.1 Å². The maximum absolute atomic E-state index is 3.20. The van der Waals surface area contributed by atoms with Crippen LogP contribution < -0.4 is 9.80 Å². The molecule has 3 heteroatoms. The molecule has 0 unspecified atom stereocenters. The zero-order valence-electron chi connectivity index (χ0n) is 33.3. The fourth-order valence-electron chi connectivity index (χ4n) is 8.56. The van der Waals surface area contributed by atoms with Gasteiger partial charge >= 0.3 is 0 Å². The molecule has 0 heterocycles. The number of aryl methyl sites for hydroxylation is 5. The molecule has 57 heavy (non-hydrogen) atoms. The van der Waals surface area contributed by atoms with Crippen molar-refractivity contribution in [3.05, 3.63) is 238 Å². The topological polar surface area (TPSA) is 6.48 Å². The fourth-order valence-corrected chi connectivity index (χ4v) is 8.56. The van der Waals surface area contributed by atoms with Crippen LogP contribution in [0.4, 0.5) is 34.1 Å². The Morgan fingerprint density at radius 1 is 0.333 bits per heavy atom. The van der Waals surface area contributed by atoms with Crippen LogP contribution in [0, 0.1) is 40.7 Å². The van der Waals surface area contributed by atoms with Crippen molar-refractivity contribution < 1.29 is 32.7 Å². The van der Waals surface area contributed by atoms with E-state index in [1.165, 1.54) is 61.2 Å². The van der Waals surface area contributed by atoms with Gasteiger partial charge in [-0.15, -0.1) is 12.1 Å². The Kier molecular flexibility index (Phi) is 10.6. The van der Waals surface area contributed by atoms with Crippen molar-refractivity contribution in [3.8, 4) is 11.1 Å². The zero-order valence-corrected chi connectivity index (χ0v) is 36.1. The second kappa shape index (κ2) is 15.8. The molecule has 275 valence electrons. The average molecular weight is 811 g/mol. The van der Waals surface area contributed by atoms with E-state index in [1.54, 1.807) is 0 Å². The monoisotopic (exact) mass is 810 g/mol. The van der Waals surface area contributed by atoms with Gasteiger partial charge in [0.15, 0.2) is 0 Å². The molecule has 0 spiro atoms. The minimum atomic E-state index is -0.533. The van der Waals surface area contributed by atoms with Crippen LogP contribution in [0.3, 0.4) is 0 Å². The Morgan fingerprint density at radius 3 is 0.947 bits per heavy atom. The smallest absolute Gasteiger partial charge is 0.0713 e. The van der Waals surface area contributed by atoms with Crippen LogP contribution in [-0.4, -0.2) is 0 Å². The zero-order chi connectivity index (χ0) is 38.4. The summed E-state index contributed by atoms with van der Waals surface area (Å²) in [4.78, 5) is 4.68. The minimum Gasteiger partial charge on any atom is -0.334 e. The van der Waals surface area contributed by atoms with Gasteiger partial charge in [-0.05, 0) is 129 Å². The standard InChI is InChI=1S/C54H45N2.Y/c1-37-11-23-45(24-12-37)55(44-9-7-6-8-10-44)48-29-19-42(20-30-48)54(52-35-40(4)17-33-50(52)51-34-18-41(5)36-53(51)54)43-21-31-49(32-22-43)56(46-25-13-38(2)14-26-46)47-27-15-39(3)16-28-47;/h7-36H,1-5H3;/q-1;. The summed E-state index contributed by atoms with van der Waals surface area (Å²) in [5.74, 6) is 0. The summed E-state index contributed by atoms with van der Waals surface area (Å²) in [5.41, 5.74) is 20.1. The molecule has 1 aliphatic rings. The Labute approximate surface area is 363 Å². The Morgan fingerprint density at radius 2 is 0.614 bits per heavy atom. The molecule has 2 nitrogen and oxygen atoms in total. The predicted octanol–water partition coefficient (Wildman–Crippen LogP) is 14.3. The van der Waals surface area contributed by atoms with Crippen LogP contribution in [0.25, 0.3) is 11.1 Å². The molecule has 0 amide bonds. The van der Waals surface area contributed by atoms with E-state index in [-0.39, 0.29) is 32.7 Å². The summed E-state index contributed by atoms with van der Waals surface area (Å²) >= 11 is 0. The van der Waals surface area contributed by atoms with Gasteiger partial charge in [-0.2, -0.15) is 18.2 Å². The molecule has 0 saturated heterocycles. The summed E-state index contributed by atoms with van der Waals surface area (Å²) in [7, 11) is 0. The van der Waals surface area contributed by atoms with Gasteiger partial charge in [0.05, 0.1) is 5.41 Å². The van der Waals surface area contributed by atoms with Crippen LogP contribution >= 0.6 is 0 Å². The van der Waals surface area contributed by atoms with E-state index in [4.69, 9.17) is 0 Å². The van der Waals surface area contributed by atoms with E-state index in [1.807, 2.05) is 12.1 Å². The predicted molar refractivity (Wildman–Crippen MR) is 236 cm³/mol. The Balaban J connectivity index is 0.00000455. The first kappa shape index (κ1) is 38.3. The number of nitrogens with zero attached hydrogens (tertiary/aromatic N) is 2. The third-order valence-electron chi connectivity index (χ3n) is 11.4. The van der Waals surface area contributed by atoms with Crippen LogP contribution in [0.5, 0.6) is 0 Å². The van der Waals surface area contributed by atoms with Crippen molar-refractivity contribution in [3.63, 3.8) is 0 Å². The molecular formula is C54H45N2Y-. The van der Waals surface area contributed by atoms with Crippen molar-refractivity contribution >= 4 is 34.1 Å². The van der Waals surface area contributed by atoms with Gasteiger partial charge in [0.25, 0.3) is 0 Å². The maximum Gasteiger partial charge on any atom is 0.0713 e. The Hall–Kier alpha value is -5.54. The molecule has 0 atom stereocenters. The minimum absolute atomic E-state index is 0. The molecule has 9 rings (SSSR count). The summed E-state index contributed by atoms with van der Waals surface area (Å²) in [6, 6.07) is 70.4. The summed E-state index contributed by atoms with van der Waals surface area (Å²) < 4.78 is 0. The summed E-state index contributed by atoms with van der Waals surface area (Å²) in [6.07, 6.45) is 0. The second-order valence-electron chi connectivity index (χ2n) is 15.4. The van der Waals surface area contributed by atoms with E-state index in [0.717, 1.165) is 34.1 Å². The number of hydrogen-bond acceptors (Lipinski definition) is 2. The van der Waals surface area contributed by atoms with Crippen molar-refractivity contribution in [2.24, 2.45) is 0 Å². The molecule has 0 N–H and O–H groups in total. The first-order chi connectivity index (χ1) is 27.3. The molecule has 1 radical (unpaired) electrons. The van der Waals surface area contributed by atoms with Gasteiger partial charge in [0.2, 0.25) is 0 Å². The number of hydrogen-bond donors (Lipinski definition) is 0. The van der Waals surface area contributed by atoms with E-state index in [2.05, 4.69) is 220 Å². The first-order valence-electron chi connectivity index (χ1n) is 19.5. The molecule has 0 saturated carbocycles. The molecular weight excluding hydrogens is 766 g/mol. The maximum atomic E-state index is 3.20. The van der Waals surface area contributed by atoms with Gasteiger partial charge in [-0.25, -0.2) is 0 Å². The molecule has 0 fully saturated rings. The van der Waals surface area contributed by atoms with Gasteiger partial charge in [-0.1, -0.05) is 131 Å². The first-order valence-corrected chi connectivity index (χ1v) is 19.5. The molecule has 0 bridgehead atoms. The average Bonchev–Trinajstić information content (AvgIpc) is 3.50. The molecule has 8 aromatic rings. The summed E-state index contributed by atoms with van der Waals surface area (Å²) in [5, 5.41) is 0. The molecule has 8 aromatic carbocycles.